The molecule has 0 atom stereocenters. The molecule has 1 aromatic heterocycles. The maximum Gasteiger partial charge on any atom is 0.0557 e. The highest BCUT2D eigenvalue weighted by molar-refractivity contribution is 5.26. The van der Waals surface area contributed by atoms with Crippen LogP contribution in [0, 0.1) is 13.8 Å². The fraction of sp³-hybridized carbons (Fsp3) is 0.500. The van der Waals surface area contributed by atoms with Gasteiger partial charge in [-0.2, -0.15) is 0 Å². The summed E-state index contributed by atoms with van der Waals surface area (Å²) in [5, 5.41) is 0. The molecule has 2 rings (SSSR count). The molecule has 1 saturated heterocycles. The van der Waals surface area contributed by atoms with E-state index in [0.29, 0.717) is 5.92 Å². The summed E-state index contributed by atoms with van der Waals surface area (Å²) < 4.78 is 5.13. The van der Waals surface area contributed by atoms with E-state index in [9.17, 15) is 0 Å². The van der Waals surface area contributed by atoms with Crippen molar-refractivity contribution in [3.05, 3.63) is 29.1 Å². The Morgan fingerprint density at radius 3 is 2.67 bits per heavy atom. The Hall–Kier alpha value is -0.890. The molecule has 0 N–H and O–H groups in total. The van der Waals surface area contributed by atoms with E-state index in [4.69, 9.17) is 4.74 Å². The quantitative estimate of drug-likeness (QED) is 0.630. The molecular weight excluding hydrogens is 150 g/mol. The highest BCUT2D eigenvalue weighted by Gasteiger charge is 2.20. The molecule has 0 radical (unpaired) electrons. The van der Waals surface area contributed by atoms with Crippen molar-refractivity contribution in [2.24, 2.45) is 0 Å². The van der Waals surface area contributed by atoms with Crippen molar-refractivity contribution in [3.8, 4) is 0 Å². The predicted octanol–water partition coefficient (Wildman–Crippen LogP) is 1.81. The highest BCUT2D eigenvalue weighted by atomic mass is 16.5. The summed E-state index contributed by atoms with van der Waals surface area (Å²) in [6.07, 6.45) is 1.97. The van der Waals surface area contributed by atoms with Crippen LogP contribution in [0.3, 0.4) is 0 Å². The van der Waals surface area contributed by atoms with E-state index < -0.39 is 0 Å². The Morgan fingerprint density at radius 2 is 2.17 bits per heavy atom. The van der Waals surface area contributed by atoms with Gasteiger partial charge in [0.25, 0.3) is 0 Å². The standard InChI is InChI=1S/C10H13NO/c1-7-3-9(4-11-8(7)2)10-5-12-6-10/h3-4,10H,5-6H2,1-2H3. The van der Waals surface area contributed by atoms with Crippen molar-refractivity contribution in [1.29, 1.82) is 0 Å². The second kappa shape index (κ2) is 2.87. The highest BCUT2D eigenvalue weighted by Crippen LogP contribution is 2.24. The minimum Gasteiger partial charge on any atom is -0.380 e. The average Bonchev–Trinajstić information content (AvgIpc) is 1.93. The van der Waals surface area contributed by atoms with Gasteiger partial charge in [0.05, 0.1) is 13.2 Å². The van der Waals surface area contributed by atoms with Gasteiger partial charge in [-0.15, -0.1) is 0 Å². The second-order valence-corrected chi connectivity index (χ2v) is 3.41. The second-order valence-electron chi connectivity index (χ2n) is 3.41. The van der Waals surface area contributed by atoms with Crippen LogP contribution in [0.25, 0.3) is 0 Å². The van der Waals surface area contributed by atoms with Gasteiger partial charge in [-0.25, -0.2) is 0 Å². The number of hydrogen-bond acceptors (Lipinski definition) is 2. The molecule has 0 aromatic carbocycles. The lowest BCUT2D eigenvalue weighted by molar-refractivity contribution is 0.00826. The SMILES string of the molecule is Cc1cc(C2COC2)cnc1C. The summed E-state index contributed by atoms with van der Waals surface area (Å²) in [6, 6.07) is 2.22. The minimum atomic E-state index is 0.594. The van der Waals surface area contributed by atoms with Crippen LogP contribution in [0.4, 0.5) is 0 Å². The van der Waals surface area contributed by atoms with E-state index in [-0.39, 0.29) is 0 Å². The van der Waals surface area contributed by atoms with Crippen LogP contribution in [0.5, 0.6) is 0 Å². The molecule has 0 amide bonds. The van der Waals surface area contributed by atoms with Crippen LogP contribution in [-0.4, -0.2) is 18.2 Å². The Bertz CT molecular complexity index is 292. The van der Waals surface area contributed by atoms with E-state index >= 15 is 0 Å². The van der Waals surface area contributed by atoms with Crippen molar-refractivity contribution in [2.75, 3.05) is 13.2 Å². The number of aromatic nitrogens is 1. The maximum absolute atomic E-state index is 5.13. The molecule has 0 unspecified atom stereocenters. The first-order chi connectivity index (χ1) is 5.77. The zero-order chi connectivity index (χ0) is 8.55. The van der Waals surface area contributed by atoms with Gasteiger partial charge in [-0.1, -0.05) is 6.07 Å². The van der Waals surface area contributed by atoms with Gasteiger partial charge in [0.15, 0.2) is 0 Å². The van der Waals surface area contributed by atoms with Gasteiger partial charge >= 0.3 is 0 Å². The summed E-state index contributed by atoms with van der Waals surface area (Å²) in [6.45, 7) is 5.87. The Labute approximate surface area is 72.6 Å². The smallest absolute Gasteiger partial charge is 0.0557 e. The number of rotatable bonds is 1. The van der Waals surface area contributed by atoms with Crippen molar-refractivity contribution >= 4 is 0 Å². The first-order valence-electron chi connectivity index (χ1n) is 4.28. The fourth-order valence-corrected chi connectivity index (χ4v) is 1.32. The van der Waals surface area contributed by atoms with E-state index in [2.05, 4.69) is 18.0 Å². The third kappa shape index (κ3) is 1.23. The number of nitrogens with zero attached hydrogens (tertiary/aromatic N) is 1. The van der Waals surface area contributed by atoms with E-state index in [1.54, 1.807) is 0 Å². The fourth-order valence-electron chi connectivity index (χ4n) is 1.32. The molecule has 1 aliphatic heterocycles. The molecule has 2 heteroatoms. The monoisotopic (exact) mass is 163 g/mol. The van der Waals surface area contributed by atoms with E-state index in [1.165, 1.54) is 11.1 Å². The van der Waals surface area contributed by atoms with E-state index in [0.717, 1.165) is 18.9 Å². The maximum atomic E-state index is 5.13. The van der Waals surface area contributed by atoms with Crippen LogP contribution >= 0.6 is 0 Å². The van der Waals surface area contributed by atoms with Gasteiger partial charge in [-0.05, 0) is 25.0 Å². The summed E-state index contributed by atoms with van der Waals surface area (Å²) in [4.78, 5) is 4.33. The molecule has 12 heavy (non-hydrogen) atoms. The van der Waals surface area contributed by atoms with Gasteiger partial charge in [-0.3, -0.25) is 4.98 Å². The zero-order valence-corrected chi connectivity index (χ0v) is 7.50. The summed E-state index contributed by atoms with van der Waals surface area (Å²) in [5.41, 5.74) is 3.72. The Morgan fingerprint density at radius 1 is 1.42 bits per heavy atom. The van der Waals surface area contributed by atoms with Crippen molar-refractivity contribution in [3.63, 3.8) is 0 Å². The Balaban J connectivity index is 2.27. The van der Waals surface area contributed by atoms with Gasteiger partial charge < -0.3 is 4.74 Å². The molecule has 1 fully saturated rings. The molecule has 2 heterocycles. The zero-order valence-electron chi connectivity index (χ0n) is 7.50. The van der Waals surface area contributed by atoms with Crippen LogP contribution in [0.1, 0.15) is 22.7 Å². The van der Waals surface area contributed by atoms with Gasteiger partial charge in [0.1, 0.15) is 0 Å². The lowest BCUT2D eigenvalue weighted by Gasteiger charge is -2.26. The molecule has 0 bridgehead atoms. The number of pyridine rings is 1. The number of ether oxygens (including phenoxy) is 1. The Kier molecular flexibility index (Phi) is 1.85. The minimum absolute atomic E-state index is 0.594. The number of aryl methyl sites for hydroxylation is 2. The first-order valence-corrected chi connectivity index (χ1v) is 4.28. The molecule has 64 valence electrons. The number of hydrogen-bond donors (Lipinski definition) is 0. The van der Waals surface area contributed by atoms with E-state index in [1.807, 2.05) is 13.1 Å². The molecule has 2 nitrogen and oxygen atoms in total. The van der Waals surface area contributed by atoms with Gasteiger partial charge in [0.2, 0.25) is 0 Å². The van der Waals surface area contributed by atoms with Gasteiger partial charge in [0, 0.05) is 17.8 Å². The first kappa shape index (κ1) is 7.74. The van der Waals surface area contributed by atoms with Crippen molar-refractivity contribution < 1.29 is 4.74 Å². The third-order valence-corrected chi connectivity index (χ3v) is 2.47. The molecule has 1 aromatic rings. The summed E-state index contributed by atoms with van der Waals surface area (Å²) >= 11 is 0. The lowest BCUT2D eigenvalue weighted by Crippen LogP contribution is -2.25. The molecular formula is C10H13NO. The molecule has 1 aliphatic rings. The topological polar surface area (TPSA) is 22.1 Å². The molecule has 0 aliphatic carbocycles. The predicted molar refractivity (Wildman–Crippen MR) is 47.3 cm³/mol. The van der Waals surface area contributed by atoms with Crippen molar-refractivity contribution in [2.45, 2.75) is 19.8 Å². The van der Waals surface area contributed by atoms with Crippen LogP contribution in [0.2, 0.25) is 0 Å². The largest absolute Gasteiger partial charge is 0.380 e. The summed E-state index contributed by atoms with van der Waals surface area (Å²) in [7, 11) is 0. The van der Waals surface area contributed by atoms with Crippen LogP contribution in [-0.2, 0) is 4.74 Å². The van der Waals surface area contributed by atoms with Crippen LogP contribution < -0.4 is 0 Å². The summed E-state index contributed by atoms with van der Waals surface area (Å²) in [5.74, 6) is 0.594. The average molecular weight is 163 g/mol. The van der Waals surface area contributed by atoms with Crippen LogP contribution in [0.15, 0.2) is 12.3 Å². The normalized spacial score (nSPS) is 17.5. The lowest BCUT2D eigenvalue weighted by atomic mass is 9.98. The third-order valence-electron chi connectivity index (χ3n) is 2.47. The molecule has 0 spiro atoms. The molecule has 0 saturated carbocycles. The van der Waals surface area contributed by atoms with Crippen molar-refractivity contribution in [1.82, 2.24) is 4.98 Å².